The molecule has 0 saturated heterocycles. The predicted octanol–water partition coefficient (Wildman–Crippen LogP) is 4.56. The third kappa shape index (κ3) is 3.09. The van der Waals surface area contributed by atoms with Crippen molar-refractivity contribution in [3.8, 4) is 28.3 Å². The molecule has 140 valence electrons. The molecule has 2 heterocycles. The molecule has 2 aromatic carbocycles. The van der Waals surface area contributed by atoms with Gasteiger partial charge in [-0.05, 0) is 42.3 Å². The second-order valence-corrected chi connectivity index (χ2v) is 6.44. The number of carbonyl (C=O) groups is 1. The van der Waals surface area contributed by atoms with Crippen molar-refractivity contribution in [2.75, 3.05) is 7.11 Å². The highest BCUT2D eigenvalue weighted by Crippen LogP contribution is 2.32. The van der Waals surface area contributed by atoms with Gasteiger partial charge in [0.25, 0.3) is 0 Å². The largest absolute Gasteiger partial charge is 0.497 e. The molecule has 2 N–H and O–H groups in total. The van der Waals surface area contributed by atoms with Crippen LogP contribution in [0, 0.1) is 0 Å². The maximum atomic E-state index is 12.0. The minimum atomic E-state index is -1.02. The molecule has 4 aromatic rings. The van der Waals surface area contributed by atoms with Crippen LogP contribution in [0.4, 0.5) is 0 Å². The first-order valence-corrected chi connectivity index (χ1v) is 8.97. The smallest absolute Gasteiger partial charge is 0.336 e. The number of fused-ring (bicyclic) bond motifs is 1. The van der Waals surface area contributed by atoms with Crippen molar-refractivity contribution < 1.29 is 14.6 Å². The summed E-state index contributed by atoms with van der Waals surface area (Å²) in [6, 6.07) is 16.9. The number of benzene rings is 2. The van der Waals surface area contributed by atoms with Gasteiger partial charge in [0.1, 0.15) is 5.75 Å². The summed E-state index contributed by atoms with van der Waals surface area (Å²) in [4.78, 5) is 16.6. The Hall–Kier alpha value is -3.67. The molecule has 0 bridgehead atoms. The van der Waals surface area contributed by atoms with Crippen LogP contribution >= 0.6 is 0 Å². The lowest BCUT2D eigenvalue weighted by molar-refractivity contribution is 0.0699. The monoisotopic (exact) mass is 373 g/mol. The Bertz CT molecular complexity index is 1150. The fraction of sp³-hybridized carbons (Fsp3) is 0.136. The van der Waals surface area contributed by atoms with E-state index in [-0.39, 0.29) is 5.56 Å². The number of carboxylic acid groups (broad SMARTS) is 1. The minimum absolute atomic E-state index is 0.166. The lowest BCUT2D eigenvalue weighted by Gasteiger charge is -2.07. The minimum Gasteiger partial charge on any atom is -0.497 e. The molecule has 4 rings (SSSR count). The van der Waals surface area contributed by atoms with Crippen LogP contribution in [0.2, 0.25) is 0 Å². The maximum Gasteiger partial charge on any atom is 0.336 e. The van der Waals surface area contributed by atoms with Gasteiger partial charge in [-0.25, -0.2) is 9.78 Å². The van der Waals surface area contributed by atoms with Gasteiger partial charge in [0.05, 0.1) is 29.4 Å². The van der Waals surface area contributed by atoms with Crippen LogP contribution in [0.25, 0.3) is 33.5 Å². The van der Waals surface area contributed by atoms with Crippen molar-refractivity contribution in [3.05, 3.63) is 65.7 Å². The van der Waals surface area contributed by atoms with E-state index in [0.29, 0.717) is 22.4 Å². The molecule has 0 amide bonds. The molecule has 0 spiro atoms. The highest BCUT2D eigenvalue weighted by atomic mass is 16.5. The molecular formula is C22H19N3O3. The van der Waals surface area contributed by atoms with E-state index in [9.17, 15) is 9.90 Å². The van der Waals surface area contributed by atoms with E-state index in [4.69, 9.17) is 4.74 Å². The topological polar surface area (TPSA) is 88.1 Å². The number of rotatable bonds is 5. The van der Waals surface area contributed by atoms with Crippen LogP contribution in [0.15, 0.2) is 54.6 Å². The van der Waals surface area contributed by atoms with Crippen LogP contribution in [0.5, 0.6) is 5.75 Å². The van der Waals surface area contributed by atoms with Gasteiger partial charge in [0.2, 0.25) is 0 Å². The van der Waals surface area contributed by atoms with Crippen molar-refractivity contribution in [2.45, 2.75) is 13.3 Å². The second-order valence-electron chi connectivity index (χ2n) is 6.44. The van der Waals surface area contributed by atoms with Gasteiger partial charge in [-0.1, -0.05) is 31.2 Å². The Kier molecular flexibility index (Phi) is 4.53. The SMILES string of the molecule is CCc1ccc(-c2cc(C(=O)O)c3c(-c4ccc(OC)cc4)[nH]nc3n2)cc1. The Morgan fingerprint density at radius 1 is 1.07 bits per heavy atom. The van der Waals surface area contributed by atoms with Crippen molar-refractivity contribution in [1.82, 2.24) is 15.2 Å². The van der Waals surface area contributed by atoms with Crippen LogP contribution in [0.3, 0.4) is 0 Å². The number of hydrogen-bond acceptors (Lipinski definition) is 4. The molecule has 28 heavy (non-hydrogen) atoms. The van der Waals surface area contributed by atoms with Gasteiger partial charge >= 0.3 is 5.97 Å². The van der Waals surface area contributed by atoms with Gasteiger partial charge in [-0.3, -0.25) is 5.10 Å². The van der Waals surface area contributed by atoms with E-state index in [0.717, 1.165) is 23.3 Å². The highest BCUT2D eigenvalue weighted by molar-refractivity contribution is 6.08. The second kappa shape index (κ2) is 7.15. The Balaban J connectivity index is 1.87. The van der Waals surface area contributed by atoms with Gasteiger partial charge < -0.3 is 9.84 Å². The number of hydrogen-bond donors (Lipinski definition) is 2. The normalized spacial score (nSPS) is 10.9. The third-order valence-electron chi connectivity index (χ3n) is 4.79. The molecule has 0 atom stereocenters. The van der Waals surface area contributed by atoms with Crippen molar-refractivity contribution in [3.63, 3.8) is 0 Å². The number of H-pyrrole nitrogens is 1. The van der Waals surface area contributed by atoms with Crippen LogP contribution < -0.4 is 4.74 Å². The Labute approximate surface area is 161 Å². The van der Waals surface area contributed by atoms with E-state index in [1.165, 1.54) is 5.56 Å². The van der Waals surface area contributed by atoms with Gasteiger partial charge in [0.15, 0.2) is 5.65 Å². The fourth-order valence-corrected chi connectivity index (χ4v) is 3.22. The molecular weight excluding hydrogens is 354 g/mol. The molecule has 0 aliphatic heterocycles. The molecule has 0 aliphatic carbocycles. The van der Waals surface area contributed by atoms with Gasteiger partial charge in [-0.15, -0.1) is 0 Å². The molecule has 0 radical (unpaired) electrons. The van der Waals surface area contributed by atoms with Crippen molar-refractivity contribution in [2.24, 2.45) is 0 Å². The van der Waals surface area contributed by atoms with Gasteiger partial charge in [0, 0.05) is 11.1 Å². The van der Waals surface area contributed by atoms with Crippen LogP contribution in [-0.4, -0.2) is 33.4 Å². The lowest BCUT2D eigenvalue weighted by Crippen LogP contribution is -2.00. The average Bonchev–Trinajstić information content (AvgIpc) is 3.17. The summed E-state index contributed by atoms with van der Waals surface area (Å²) in [6.07, 6.45) is 0.942. The molecule has 2 aromatic heterocycles. The van der Waals surface area contributed by atoms with E-state index in [1.54, 1.807) is 13.2 Å². The molecule has 0 aliphatic rings. The van der Waals surface area contributed by atoms with Crippen molar-refractivity contribution >= 4 is 17.0 Å². The number of aromatic carboxylic acids is 1. The summed E-state index contributed by atoms with van der Waals surface area (Å²) in [5.41, 5.74) is 4.63. The third-order valence-corrected chi connectivity index (χ3v) is 4.79. The summed E-state index contributed by atoms with van der Waals surface area (Å²) < 4.78 is 5.18. The average molecular weight is 373 g/mol. The Morgan fingerprint density at radius 2 is 1.75 bits per heavy atom. The summed E-state index contributed by atoms with van der Waals surface area (Å²) in [5, 5.41) is 17.5. The maximum absolute atomic E-state index is 12.0. The lowest BCUT2D eigenvalue weighted by atomic mass is 10.0. The first-order valence-electron chi connectivity index (χ1n) is 8.97. The zero-order valence-electron chi connectivity index (χ0n) is 15.6. The number of carboxylic acids is 1. The Morgan fingerprint density at radius 3 is 2.36 bits per heavy atom. The number of pyridine rings is 1. The number of nitrogens with one attached hydrogen (secondary N) is 1. The number of aryl methyl sites for hydroxylation is 1. The first-order chi connectivity index (χ1) is 13.6. The molecule has 0 unspecified atom stereocenters. The van der Waals surface area contributed by atoms with Crippen LogP contribution in [-0.2, 0) is 6.42 Å². The van der Waals surface area contributed by atoms with Gasteiger partial charge in [-0.2, -0.15) is 5.10 Å². The molecule has 0 saturated carbocycles. The number of aromatic amines is 1. The predicted molar refractivity (Wildman–Crippen MR) is 108 cm³/mol. The molecule has 6 nitrogen and oxygen atoms in total. The quantitative estimate of drug-likeness (QED) is 0.535. The first kappa shape index (κ1) is 17.7. The number of aromatic nitrogens is 3. The molecule has 6 heteroatoms. The van der Waals surface area contributed by atoms with E-state index in [1.807, 2.05) is 48.5 Å². The van der Waals surface area contributed by atoms with Crippen molar-refractivity contribution in [1.29, 1.82) is 0 Å². The summed E-state index contributed by atoms with van der Waals surface area (Å²) in [6.45, 7) is 2.09. The van der Waals surface area contributed by atoms with Crippen LogP contribution in [0.1, 0.15) is 22.8 Å². The standard InChI is InChI=1S/C22H19N3O3/c1-3-13-4-6-14(7-5-13)18-12-17(22(26)27)19-20(24-25-21(19)23-18)15-8-10-16(28-2)11-9-15/h4-12H,3H2,1-2H3,(H,26,27)(H,23,24,25). The van der Waals surface area contributed by atoms with E-state index in [2.05, 4.69) is 22.1 Å². The number of ether oxygens (including phenoxy) is 1. The van der Waals surface area contributed by atoms with E-state index < -0.39 is 5.97 Å². The number of nitrogens with zero attached hydrogens (tertiary/aromatic N) is 2. The summed E-state index contributed by atoms with van der Waals surface area (Å²) >= 11 is 0. The fourth-order valence-electron chi connectivity index (χ4n) is 3.22. The summed E-state index contributed by atoms with van der Waals surface area (Å²) in [5.74, 6) is -0.294. The zero-order chi connectivity index (χ0) is 19.7. The molecule has 0 fully saturated rings. The number of methoxy groups -OCH3 is 1. The van der Waals surface area contributed by atoms with E-state index >= 15 is 0 Å². The summed E-state index contributed by atoms with van der Waals surface area (Å²) in [7, 11) is 1.60. The zero-order valence-corrected chi connectivity index (χ0v) is 15.6. The highest BCUT2D eigenvalue weighted by Gasteiger charge is 2.19.